The van der Waals surface area contributed by atoms with Gasteiger partial charge in [0.15, 0.2) is 0 Å². The molecule has 3 aromatic rings. The molecule has 33 heavy (non-hydrogen) atoms. The van der Waals surface area contributed by atoms with E-state index in [1.54, 1.807) is 24.3 Å². The van der Waals surface area contributed by atoms with E-state index in [2.05, 4.69) is 12.2 Å². The van der Waals surface area contributed by atoms with E-state index in [1.807, 2.05) is 0 Å². The number of rotatable bonds is 6. The fraction of sp³-hybridized carbons (Fsp3) is 0.231. The quantitative estimate of drug-likeness (QED) is 0.517. The van der Waals surface area contributed by atoms with Gasteiger partial charge in [-0.05, 0) is 66.6 Å². The van der Waals surface area contributed by atoms with Crippen molar-refractivity contribution >= 4 is 17.5 Å². The first-order chi connectivity index (χ1) is 16.0. The Hall–Kier alpha value is -3.74. The van der Waals surface area contributed by atoms with Crippen molar-refractivity contribution in [2.45, 2.75) is 25.8 Å². The van der Waals surface area contributed by atoms with Crippen LogP contribution in [0.2, 0.25) is 0 Å². The van der Waals surface area contributed by atoms with Crippen LogP contribution < -0.4 is 10.1 Å². The number of carbonyl (C=O) groups excluding carboxylic acids is 2. The highest BCUT2D eigenvalue weighted by Gasteiger charge is 2.34. The number of amides is 2. The number of nitrogens with zero attached hydrogens (tertiary/aromatic N) is 1. The van der Waals surface area contributed by atoms with Crippen molar-refractivity contribution in [3.63, 3.8) is 0 Å². The molecule has 3 aromatic carbocycles. The first kappa shape index (κ1) is 22.5. The summed E-state index contributed by atoms with van der Waals surface area (Å²) in [6, 6.07) is 15.5. The van der Waals surface area contributed by atoms with Gasteiger partial charge in [-0.3, -0.25) is 9.59 Å². The number of fused-ring (bicyclic) bond motifs is 1. The maximum atomic E-state index is 14.2. The molecule has 170 valence electrons. The van der Waals surface area contributed by atoms with Gasteiger partial charge in [0, 0.05) is 16.8 Å². The second kappa shape index (κ2) is 9.81. The topological polar surface area (TPSA) is 58.6 Å². The van der Waals surface area contributed by atoms with Gasteiger partial charge < -0.3 is 15.0 Å². The molecule has 0 bridgehead atoms. The van der Waals surface area contributed by atoms with Gasteiger partial charge in [0.1, 0.15) is 23.9 Å². The number of hydrogen-bond donors (Lipinski definition) is 1. The summed E-state index contributed by atoms with van der Waals surface area (Å²) in [6.45, 7) is 2.42. The summed E-state index contributed by atoms with van der Waals surface area (Å²) in [5.74, 6) is -1.09. The number of anilines is 1. The molecule has 5 nitrogen and oxygen atoms in total. The minimum atomic E-state index is -0.789. The molecule has 0 aliphatic carbocycles. The molecule has 2 amide bonds. The van der Waals surface area contributed by atoms with Gasteiger partial charge >= 0.3 is 0 Å². The Balaban J connectivity index is 1.73. The zero-order valence-corrected chi connectivity index (χ0v) is 18.2. The maximum Gasteiger partial charge on any atom is 0.255 e. The average Bonchev–Trinajstić information content (AvgIpc) is 2.95. The normalized spacial score (nSPS) is 15.4. The summed E-state index contributed by atoms with van der Waals surface area (Å²) in [5, 5.41) is 2.74. The van der Waals surface area contributed by atoms with Gasteiger partial charge in [-0.15, -0.1) is 0 Å². The molecular weight excluding hydrogens is 426 g/mol. The van der Waals surface area contributed by atoms with Crippen LogP contribution >= 0.6 is 0 Å². The van der Waals surface area contributed by atoms with Crippen molar-refractivity contribution in [1.82, 2.24) is 4.90 Å². The lowest BCUT2D eigenvalue weighted by atomic mass is 9.95. The molecule has 1 N–H and O–H groups in total. The number of nitrogens with one attached hydrogen (secondary N) is 1. The summed E-state index contributed by atoms with van der Waals surface area (Å²) >= 11 is 0. The Bertz CT molecular complexity index is 1150. The molecule has 1 aliphatic heterocycles. The predicted molar refractivity (Wildman–Crippen MR) is 121 cm³/mol. The third-order valence-electron chi connectivity index (χ3n) is 5.52. The summed E-state index contributed by atoms with van der Waals surface area (Å²) in [7, 11) is 0. The van der Waals surface area contributed by atoms with E-state index in [0.717, 1.165) is 12.8 Å². The maximum absolute atomic E-state index is 14.2. The Labute approximate surface area is 191 Å². The van der Waals surface area contributed by atoms with Gasteiger partial charge in [-0.25, -0.2) is 8.78 Å². The molecule has 0 radical (unpaired) electrons. The lowest BCUT2D eigenvalue weighted by Gasteiger charge is -2.30. The fourth-order valence-corrected chi connectivity index (χ4v) is 3.86. The Morgan fingerprint density at radius 3 is 2.42 bits per heavy atom. The molecule has 7 heteroatoms. The van der Waals surface area contributed by atoms with E-state index in [-0.39, 0.29) is 6.54 Å². The van der Waals surface area contributed by atoms with Gasteiger partial charge in [-0.2, -0.15) is 0 Å². The molecular formula is C26H24F2N2O3. The molecule has 0 spiro atoms. The average molecular weight is 450 g/mol. The van der Waals surface area contributed by atoms with Gasteiger partial charge in [0.05, 0.1) is 12.6 Å². The molecule has 1 aliphatic rings. The van der Waals surface area contributed by atoms with Gasteiger partial charge in [0.2, 0.25) is 5.91 Å². The lowest BCUT2D eigenvalue weighted by molar-refractivity contribution is -0.117. The number of hydrogen-bond acceptors (Lipinski definition) is 3. The minimum absolute atomic E-state index is 0.244. The van der Waals surface area contributed by atoms with E-state index in [1.165, 1.54) is 47.4 Å². The number of benzene rings is 3. The SMILES string of the molecule is CCCCOc1ccc(C(=O)N2CC(=O)Nc3ccc(F)cc3[C@H]2c2ccc(F)cc2)cc1. The van der Waals surface area contributed by atoms with E-state index < -0.39 is 29.5 Å². The molecule has 4 rings (SSSR count). The second-order valence-corrected chi connectivity index (χ2v) is 7.89. The standard InChI is InChI=1S/C26H24F2N2O3/c1-2-3-14-33-21-11-6-18(7-12-21)26(32)30-16-24(31)29-23-13-10-20(28)15-22(23)25(30)17-4-8-19(27)9-5-17/h4-13,15,25H,2-3,14,16H2,1H3,(H,29,31)/t25-/m1/s1. The van der Waals surface area contributed by atoms with Crippen molar-refractivity contribution in [3.8, 4) is 5.75 Å². The van der Waals surface area contributed by atoms with Crippen LogP contribution in [0.4, 0.5) is 14.5 Å². The number of ether oxygens (including phenoxy) is 1. The highest BCUT2D eigenvalue weighted by Crippen LogP contribution is 2.37. The zero-order valence-electron chi connectivity index (χ0n) is 18.2. The van der Waals surface area contributed by atoms with Crippen molar-refractivity contribution in [2.24, 2.45) is 0 Å². The summed E-state index contributed by atoms with van der Waals surface area (Å²) in [4.78, 5) is 27.6. The Morgan fingerprint density at radius 1 is 1.03 bits per heavy atom. The Kier molecular flexibility index (Phi) is 6.68. The molecule has 1 heterocycles. The summed E-state index contributed by atoms with van der Waals surface area (Å²) in [6.07, 6.45) is 1.94. The largest absolute Gasteiger partial charge is 0.494 e. The highest BCUT2D eigenvalue weighted by atomic mass is 19.1. The molecule has 0 aromatic heterocycles. The van der Waals surface area contributed by atoms with Crippen molar-refractivity contribution < 1.29 is 23.1 Å². The van der Waals surface area contributed by atoms with Crippen LogP contribution in [-0.4, -0.2) is 29.9 Å². The van der Waals surface area contributed by atoms with Gasteiger partial charge in [0.25, 0.3) is 5.91 Å². The molecule has 0 saturated carbocycles. The zero-order chi connectivity index (χ0) is 23.4. The molecule has 0 fully saturated rings. The van der Waals surface area contributed by atoms with Crippen molar-refractivity contribution in [1.29, 1.82) is 0 Å². The van der Waals surface area contributed by atoms with E-state index >= 15 is 0 Å². The lowest BCUT2D eigenvalue weighted by Crippen LogP contribution is -2.39. The second-order valence-electron chi connectivity index (χ2n) is 7.89. The summed E-state index contributed by atoms with van der Waals surface area (Å²) < 4.78 is 33.5. The minimum Gasteiger partial charge on any atom is -0.494 e. The molecule has 0 unspecified atom stereocenters. The van der Waals surface area contributed by atoms with E-state index in [9.17, 15) is 18.4 Å². The van der Waals surface area contributed by atoms with Crippen LogP contribution in [0.25, 0.3) is 0 Å². The van der Waals surface area contributed by atoms with Crippen LogP contribution in [0, 0.1) is 11.6 Å². The first-order valence-corrected chi connectivity index (χ1v) is 10.8. The molecule has 0 saturated heterocycles. The summed E-state index contributed by atoms with van der Waals surface area (Å²) in [5.41, 5.74) is 1.75. The van der Waals surface area contributed by atoms with Crippen molar-refractivity contribution in [2.75, 3.05) is 18.5 Å². The first-order valence-electron chi connectivity index (χ1n) is 10.8. The van der Waals surface area contributed by atoms with E-state index in [0.29, 0.717) is 34.7 Å². The number of halogens is 2. The van der Waals surface area contributed by atoms with E-state index in [4.69, 9.17) is 4.74 Å². The monoisotopic (exact) mass is 450 g/mol. The third kappa shape index (κ3) is 5.03. The predicted octanol–water partition coefficient (Wildman–Crippen LogP) is 5.33. The number of unbranched alkanes of at least 4 members (excludes halogenated alkanes) is 1. The molecule has 1 atom stereocenters. The highest BCUT2D eigenvalue weighted by molar-refractivity contribution is 6.01. The van der Waals surface area contributed by atoms with Crippen LogP contribution in [0.15, 0.2) is 66.7 Å². The van der Waals surface area contributed by atoms with Crippen LogP contribution in [0.5, 0.6) is 5.75 Å². The van der Waals surface area contributed by atoms with Crippen molar-refractivity contribution in [3.05, 3.63) is 95.1 Å². The van der Waals surface area contributed by atoms with Crippen LogP contribution in [0.3, 0.4) is 0 Å². The Morgan fingerprint density at radius 2 is 1.73 bits per heavy atom. The number of carbonyl (C=O) groups is 2. The van der Waals surface area contributed by atoms with Gasteiger partial charge in [-0.1, -0.05) is 25.5 Å². The fourth-order valence-electron chi connectivity index (χ4n) is 3.86. The third-order valence-corrected chi connectivity index (χ3v) is 5.52. The smallest absolute Gasteiger partial charge is 0.255 e. The van der Waals surface area contributed by atoms with Crippen LogP contribution in [-0.2, 0) is 4.79 Å². The van der Waals surface area contributed by atoms with Crippen LogP contribution in [0.1, 0.15) is 47.3 Å².